The first-order chi connectivity index (χ1) is 13.6. The smallest absolute Gasteiger partial charge is 0.207 e. The summed E-state index contributed by atoms with van der Waals surface area (Å²) in [7, 11) is -3.89. The molecule has 0 aliphatic heterocycles. The van der Waals surface area contributed by atoms with E-state index in [1.54, 1.807) is 19.1 Å². The SMILES string of the molecule is Cc1cc(S(=O)(=O)NC(c2nn[nH]n2)C(C)c2c(Cl)ccc(C)c2C)ccc1Cl. The number of H-pyrrole nitrogens is 1. The number of halogens is 2. The average Bonchev–Trinajstić information content (AvgIpc) is 3.19. The first-order valence-corrected chi connectivity index (χ1v) is 11.1. The quantitative estimate of drug-likeness (QED) is 0.580. The molecule has 2 atom stereocenters. The molecule has 0 bridgehead atoms. The molecule has 7 nitrogen and oxygen atoms in total. The number of nitrogens with one attached hydrogen (secondary N) is 2. The van der Waals surface area contributed by atoms with Gasteiger partial charge in [-0.25, -0.2) is 8.42 Å². The zero-order valence-electron chi connectivity index (χ0n) is 16.4. The van der Waals surface area contributed by atoms with Crippen molar-refractivity contribution in [2.75, 3.05) is 0 Å². The number of hydrogen-bond acceptors (Lipinski definition) is 5. The van der Waals surface area contributed by atoms with Gasteiger partial charge in [-0.15, -0.1) is 10.2 Å². The molecular weight excluding hydrogens is 433 g/mol. The molecule has 0 saturated heterocycles. The molecule has 1 heterocycles. The molecule has 2 aromatic carbocycles. The number of sulfonamides is 1. The normalized spacial score (nSPS) is 14.0. The van der Waals surface area contributed by atoms with Crippen molar-refractivity contribution in [3.63, 3.8) is 0 Å². The van der Waals surface area contributed by atoms with Gasteiger partial charge in [-0.2, -0.15) is 9.94 Å². The topological polar surface area (TPSA) is 101 Å². The molecule has 2 unspecified atom stereocenters. The number of aromatic nitrogens is 4. The Hall–Kier alpha value is -2.00. The first kappa shape index (κ1) is 21.7. The van der Waals surface area contributed by atoms with Gasteiger partial charge in [0, 0.05) is 16.0 Å². The van der Waals surface area contributed by atoms with Gasteiger partial charge in [0.15, 0.2) is 5.82 Å². The van der Waals surface area contributed by atoms with Gasteiger partial charge in [-0.05, 0) is 67.3 Å². The zero-order valence-corrected chi connectivity index (χ0v) is 18.7. The van der Waals surface area contributed by atoms with Crippen LogP contribution >= 0.6 is 23.2 Å². The third-order valence-corrected chi connectivity index (χ3v) is 7.24. The molecule has 3 rings (SSSR count). The van der Waals surface area contributed by atoms with E-state index in [1.165, 1.54) is 12.1 Å². The van der Waals surface area contributed by atoms with E-state index in [1.807, 2.05) is 26.8 Å². The predicted octanol–water partition coefficient (Wildman–Crippen LogP) is 4.26. The molecule has 0 aliphatic carbocycles. The van der Waals surface area contributed by atoms with Crippen molar-refractivity contribution in [2.45, 2.75) is 44.6 Å². The van der Waals surface area contributed by atoms with Crippen LogP contribution in [0.5, 0.6) is 0 Å². The van der Waals surface area contributed by atoms with Crippen molar-refractivity contribution >= 4 is 33.2 Å². The maximum atomic E-state index is 13.1. The molecule has 0 spiro atoms. The van der Waals surface area contributed by atoms with Crippen LogP contribution in [0.1, 0.15) is 47.0 Å². The Morgan fingerprint density at radius 1 is 1.03 bits per heavy atom. The van der Waals surface area contributed by atoms with Crippen molar-refractivity contribution in [1.82, 2.24) is 25.3 Å². The lowest BCUT2D eigenvalue weighted by Crippen LogP contribution is -2.33. The average molecular weight is 454 g/mol. The molecule has 1 aromatic heterocycles. The van der Waals surface area contributed by atoms with Crippen LogP contribution in [-0.4, -0.2) is 29.0 Å². The van der Waals surface area contributed by atoms with Gasteiger partial charge in [-0.1, -0.05) is 41.4 Å². The Morgan fingerprint density at radius 2 is 1.72 bits per heavy atom. The maximum absolute atomic E-state index is 13.1. The Kier molecular flexibility index (Phi) is 6.28. The summed E-state index contributed by atoms with van der Waals surface area (Å²) in [5.41, 5.74) is 3.53. The molecule has 0 fully saturated rings. The highest BCUT2D eigenvalue weighted by Crippen LogP contribution is 2.37. The van der Waals surface area contributed by atoms with Crippen LogP contribution in [0.4, 0.5) is 0 Å². The Labute approximate surface area is 179 Å². The highest BCUT2D eigenvalue weighted by atomic mass is 35.5. The summed E-state index contributed by atoms with van der Waals surface area (Å²) in [4.78, 5) is 0.104. The predicted molar refractivity (Wildman–Crippen MR) is 113 cm³/mol. The number of hydrogen-bond donors (Lipinski definition) is 2. The molecule has 0 amide bonds. The van der Waals surface area contributed by atoms with Crippen molar-refractivity contribution < 1.29 is 8.42 Å². The summed E-state index contributed by atoms with van der Waals surface area (Å²) in [5.74, 6) is -0.132. The highest BCUT2D eigenvalue weighted by Gasteiger charge is 2.32. The van der Waals surface area contributed by atoms with E-state index in [2.05, 4.69) is 25.3 Å². The fourth-order valence-electron chi connectivity index (χ4n) is 3.23. The van der Waals surface area contributed by atoms with E-state index in [0.29, 0.717) is 15.6 Å². The molecule has 154 valence electrons. The maximum Gasteiger partial charge on any atom is 0.241 e. The second-order valence-electron chi connectivity index (χ2n) is 6.97. The number of aromatic amines is 1. The summed E-state index contributed by atoms with van der Waals surface area (Å²) >= 11 is 12.5. The summed E-state index contributed by atoms with van der Waals surface area (Å²) in [6, 6.07) is 7.49. The molecule has 0 saturated carbocycles. The van der Waals surface area contributed by atoms with Gasteiger partial charge in [0.2, 0.25) is 10.0 Å². The minimum atomic E-state index is -3.89. The van der Waals surface area contributed by atoms with Gasteiger partial charge in [0.25, 0.3) is 0 Å². The van der Waals surface area contributed by atoms with Gasteiger partial charge in [0.05, 0.1) is 10.9 Å². The van der Waals surface area contributed by atoms with E-state index >= 15 is 0 Å². The molecule has 10 heteroatoms. The summed E-state index contributed by atoms with van der Waals surface area (Å²) in [5, 5.41) is 15.1. The van der Waals surface area contributed by atoms with E-state index in [4.69, 9.17) is 23.2 Å². The Morgan fingerprint density at radius 3 is 2.34 bits per heavy atom. The summed E-state index contributed by atoms with van der Waals surface area (Å²) in [6.45, 7) is 7.56. The van der Waals surface area contributed by atoms with E-state index < -0.39 is 16.1 Å². The lowest BCUT2D eigenvalue weighted by Gasteiger charge is -2.25. The molecule has 0 radical (unpaired) electrons. The zero-order chi connectivity index (χ0) is 21.3. The number of tetrazole rings is 1. The third kappa shape index (κ3) is 4.45. The molecule has 3 aromatic rings. The van der Waals surface area contributed by atoms with Crippen LogP contribution in [0.3, 0.4) is 0 Å². The number of nitrogens with zero attached hydrogens (tertiary/aromatic N) is 3. The molecular formula is C19H21Cl2N5O2S. The molecule has 0 aliphatic rings. The standard InChI is InChI=1S/C19H21Cl2N5O2S/c1-10-5-7-16(21)17(12(10)3)13(4)18(19-22-25-26-23-19)24-29(27,28)14-6-8-15(20)11(2)9-14/h5-9,13,18,24H,1-4H3,(H,22,23,25,26). The second kappa shape index (κ2) is 8.39. The summed E-state index contributed by atoms with van der Waals surface area (Å²) < 4.78 is 28.9. The number of benzene rings is 2. The Balaban J connectivity index is 2.05. The van der Waals surface area contributed by atoms with Gasteiger partial charge in [-0.3, -0.25) is 0 Å². The number of rotatable bonds is 6. The van der Waals surface area contributed by atoms with Gasteiger partial charge < -0.3 is 0 Å². The van der Waals surface area contributed by atoms with Crippen LogP contribution < -0.4 is 4.72 Å². The first-order valence-electron chi connectivity index (χ1n) is 8.89. The largest absolute Gasteiger partial charge is 0.241 e. The minimum absolute atomic E-state index is 0.104. The van der Waals surface area contributed by atoms with E-state index in [-0.39, 0.29) is 16.6 Å². The van der Waals surface area contributed by atoms with Crippen molar-refractivity contribution in [2.24, 2.45) is 0 Å². The fraction of sp³-hybridized carbons (Fsp3) is 0.316. The van der Waals surface area contributed by atoms with Gasteiger partial charge >= 0.3 is 0 Å². The van der Waals surface area contributed by atoms with E-state index in [0.717, 1.165) is 16.7 Å². The van der Waals surface area contributed by atoms with Crippen LogP contribution in [0.25, 0.3) is 0 Å². The third-order valence-electron chi connectivity index (χ3n) is 5.05. The highest BCUT2D eigenvalue weighted by molar-refractivity contribution is 7.89. The summed E-state index contributed by atoms with van der Waals surface area (Å²) in [6.07, 6.45) is 0. The monoisotopic (exact) mass is 453 g/mol. The van der Waals surface area contributed by atoms with Gasteiger partial charge in [0.1, 0.15) is 0 Å². The Bertz CT molecular complexity index is 1130. The van der Waals surface area contributed by atoms with Crippen molar-refractivity contribution in [3.8, 4) is 0 Å². The lowest BCUT2D eigenvalue weighted by atomic mass is 9.88. The van der Waals surface area contributed by atoms with Crippen molar-refractivity contribution in [3.05, 3.63) is 68.5 Å². The lowest BCUT2D eigenvalue weighted by molar-refractivity contribution is 0.496. The minimum Gasteiger partial charge on any atom is -0.207 e. The second-order valence-corrected chi connectivity index (χ2v) is 9.50. The van der Waals surface area contributed by atoms with Crippen LogP contribution in [0, 0.1) is 20.8 Å². The fourth-order valence-corrected chi connectivity index (χ4v) is 5.08. The number of aryl methyl sites for hydroxylation is 2. The van der Waals surface area contributed by atoms with Crippen LogP contribution in [-0.2, 0) is 10.0 Å². The van der Waals surface area contributed by atoms with Crippen LogP contribution in [0.15, 0.2) is 35.2 Å². The van der Waals surface area contributed by atoms with Crippen LogP contribution in [0.2, 0.25) is 10.0 Å². The molecule has 29 heavy (non-hydrogen) atoms. The van der Waals surface area contributed by atoms with Crippen molar-refractivity contribution in [1.29, 1.82) is 0 Å². The molecule has 2 N–H and O–H groups in total. The van der Waals surface area contributed by atoms with E-state index in [9.17, 15) is 8.42 Å².